The van der Waals surface area contributed by atoms with E-state index in [1.165, 1.54) is 0 Å². The molecule has 126 valence electrons. The molecule has 3 N–H and O–H groups in total. The number of rotatable bonds is 4. The van der Waals surface area contributed by atoms with E-state index in [1.807, 2.05) is 30.3 Å². The third-order valence-electron chi connectivity index (χ3n) is 4.70. The van der Waals surface area contributed by atoms with E-state index in [2.05, 4.69) is 10.3 Å². The van der Waals surface area contributed by atoms with E-state index in [0.717, 1.165) is 31.2 Å². The smallest absolute Gasteiger partial charge is 0.261 e. The van der Waals surface area contributed by atoms with E-state index in [9.17, 15) is 14.7 Å². The second-order valence-corrected chi connectivity index (χ2v) is 6.29. The highest BCUT2D eigenvalue weighted by Gasteiger charge is 2.26. The Morgan fingerprint density at radius 3 is 2.58 bits per heavy atom. The molecule has 0 bridgehead atoms. The summed E-state index contributed by atoms with van der Waals surface area (Å²) in [5.41, 5.74) is 1.29. The molecule has 0 saturated heterocycles. The fourth-order valence-corrected chi connectivity index (χ4v) is 3.30. The van der Waals surface area contributed by atoms with Crippen molar-refractivity contribution in [3.05, 3.63) is 58.4 Å². The fraction of sp³-hybridized carbons (Fsp3) is 0.368. The van der Waals surface area contributed by atoms with Gasteiger partial charge in [0.1, 0.15) is 5.56 Å². The number of pyridine rings is 1. The zero-order valence-electron chi connectivity index (χ0n) is 13.5. The van der Waals surface area contributed by atoms with Crippen LogP contribution in [0, 0.1) is 5.92 Å². The van der Waals surface area contributed by atoms with Crippen LogP contribution in [0.4, 0.5) is 0 Å². The van der Waals surface area contributed by atoms with Crippen molar-refractivity contribution in [3.63, 3.8) is 0 Å². The summed E-state index contributed by atoms with van der Waals surface area (Å²) >= 11 is 0. The Kier molecular flexibility index (Phi) is 5.11. The summed E-state index contributed by atoms with van der Waals surface area (Å²) in [5.74, 6) is -0.299. The lowest BCUT2D eigenvalue weighted by molar-refractivity contribution is 0.0871. The van der Waals surface area contributed by atoms with E-state index in [-0.39, 0.29) is 30.0 Å². The van der Waals surface area contributed by atoms with E-state index in [1.54, 1.807) is 12.1 Å². The Balaban J connectivity index is 1.77. The van der Waals surface area contributed by atoms with Gasteiger partial charge in [0.05, 0.1) is 0 Å². The summed E-state index contributed by atoms with van der Waals surface area (Å²) < 4.78 is 0. The molecule has 1 amide bonds. The van der Waals surface area contributed by atoms with E-state index >= 15 is 0 Å². The first-order valence-corrected chi connectivity index (χ1v) is 8.39. The molecular weight excluding hydrogens is 304 g/mol. The molecule has 1 aromatic heterocycles. The number of hydrogen-bond acceptors (Lipinski definition) is 3. The Bertz CT molecular complexity index is 755. The molecule has 1 aromatic carbocycles. The van der Waals surface area contributed by atoms with Crippen molar-refractivity contribution in [1.29, 1.82) is 0 Å². The van der Waals surface area contributed by atoms with Gasteiger partial charge < -0.3 is 15.4 Å². The minimum atomic E-state index is -0.398. The van der Waals surface area contributed by atoms with Crippen LogP contribution in [0.1, 0.15) is 36.0 Å². The Hall–Kier alpha value is -2.40. The van der Waals surface area contributed by atoms with Gasteiger partial charge in [0, 0.05) is 24.3 Å². The summed E-state index contributed by atoms with van der Waals surface area (Å²) in [5, 5.41) is 12.4. The third-order valence-corrected chi connectivity index (χ3v) is 4.70. The summed E-state index contributed by atoms with van der Waals surface area (Å²) in [7, 11) is 0. The SMILES string of the molecule is O=C(NC1CCCCC1CO)c1ccc(-c2ccccc2)[nH]c1=O. The predicted octanol–water partition coefficient (Wildman–Crippen LogP) is 2.32. The second-order valence-electron chi connectivity index (χ2n) is 6.29. The topological polar surface area (TPSA) is 82.2 Å². The molecule has 24 heavy (non-hydrogen) atoms. The molecule has 3 rings (SSSR count). The summed E-state index contributed by atoms with van der Waals surface area (Å²) in [6.07, 6.45) is 3.86. The van der Waals surface area contributed by atoms with Gasteiger partial charge in [-0.3, -0.25) is 9.59 Å². The van der Waals surface area contributed by atoms with Gasteiger partial charge in [-0.1, -0.05) is 43.2 Å². The standard InChI is InChI=1S/C19H22N2O3/c22-12-14-8-4-5-9-16(14)20-18(23)15-10-11-17(21-19(15)24)13-6-2-1-3-7-13/h1-3,6-7,10-11,14,16,22H,4-5,8-9,12H2,(H,20,23)(H,21,24). The number of aromatic amines is 1. The van der Waals surface area contributed by atoms with Crippen LogP contribution in [-0.2, 0) is 0 Å². The van der Waals surface area contributed by atoms with Crippen LogP contribution in [-0.4, -0.2) is 28.6 Å². The monoisotopic (exact) mass is 326 g/mol. The molecule has 1 heterocycles. The number of benzene rings is 1. The molecule has 2 aromatic rings. The minimum Gasteiger partial charge on any atom is -0.396 e. The van der Waals surface area contributed by atoms with Crippen LogP contribution in [0.15, 0.2) is 47.3 Å². The molecule has 0 aliphatic heterocycles. The first-order valence-electron chi connectivity index (χ1n) is 8.39. The summed E-state index contributed by atoms with van der Waals surface area (Å²) in [4.78, 5) is 27.5. The first-order chi connectivity index (χ1) is 11.7. The van der Waals surface area contributed by atoms with Crippen LogP contribution in [0.3, 0.4) is 0 Å². The lowest BCUT2D eigenvalue weighted by Crippen LogP contribution is -2.44. The van der Waals surface area contributed by atoms with E-state index in [4.69, 9.17) is 0 Å². The molecule has 5 heteroatoms. The van der Waals surface area contributed by atoms with Gasteiger partial charge in [0.2, 0.25) is 0 Å². The van der Waals surface area contributed by atoms with Gasteiger partial charge >= 0.3 is 0 Å². The maximum Gasteiger partial charge on any atom is 0.261 e. The largest absolute Gasteiger partial charge is 0.396 e. The Morgan fingerprint density at radius 2 is 1.88 bits per heavy atom. The number of carbonyl (C=O) groups excluding carboxylic acids is 1. The molecule has 0 radical (unpaired) electrons. The van der Waals surface area contributed by atoms with Crippen molar-refractivity contribution in [2.24, 2.45) is 5.92 Å². The number of H-pyrrole nitrogens is 1. The van der Waals surface area contributed by atoms with E-state index in [0.29, 0.717) is 5.69 Å². The highest BCUT2D eigenvalue weighted by Crippen LogP contribution is 2.24. The van der Waals surface area contributed by atoms with Crippen LogP contribution in [0.25, 0.3) is 11.3 Å². The third kappa shape index (κ3) is 3.57. The molecule has 2 atom stereocenters. The average Bonchev–Trinajstić information content (AvgIpc) is 2.62. The van der Waals surface area contributed by atoms with Gasteiger partial charge in [0.15, 0.2) is 0 Å². The lowest BCUT2D eigenvalue weighted by Gasteiger charge is -2.30. The minimum absolute atomic E-state index is 0.0637. The summed E-state index contributed by atoms with van der Waals surface area (Å²) in [6, 6.07) is 12.7. The van der Waals surface area contributed by atoms with Crippen LogP contribution in [0.5, 0.6) is 0 Å². The predicted molar refractivity (Wildman–Crippen MR) is 92.8 cm³/mol. The van der Waals surface area contributed by atoms with Crippen molar-refractivity contribution in [2.45, 2.75) is 31.7 Å². The summed E-state index contributed by atoms with van der Waals surface area (Å²) in [6.45, 7) is 0.0637. The van der Waals surface area contributed by atoms with Crippen molar-refractivity contribution >= 4 is 5.91 Å². The normalized spacial score (nSPS) is 20.5. The molecule has 1 aliphatic rings. The van der Waals surface area contributed by atoms with Gasteiger partial charge in [-0.25, -0.2) is 0 Å². The van der Waals surface area contributed by atoms with Crippen molar-refractivity contribution in [2.75, 3.05) is 6.61 Å². The molecule has 5 nitrogen and oxygen atoms in total. The van der Waals surface area contributed by atoms with Crippen molar-refractivity contribution < 1.29 is 9.90 Å². The van der Waals surface area contributed by atoms with Crippen LogP contribution < -0.4 is 10.9 Å². The number of aliphatic hydroxyl groups excluding tert-OH is 1. The zero-order chi connectivity index (χ0) is 16.9. The lowest BCUT2D eigenvalue weighted by atomic mass is 9.85. The molecular formula is C19H22N2O3. The van der Waals surface area contributed by atoms with Gasteiger partial charge in [-0.05, 0) is 30.5 Å². The fourth-order valence-electron chi connectivity index (χ4n) is 3.30. The molecule has 1 aliphatic carbocycles. The number of carbonyl (C=O) groups is 1. The molecule has 1 saturated carbocycles. The zero-order valence-corrected chi connectivity index (χ0v) is 13.5. The molecule has 0 spiro atoms. The maximum absolute atomic E-state index is 12.4. The van der Waals surface area contributed by atoms with Crippen molar-refractivity contribution in [3.8, 4) is 11.3 Å². The van der Waals surface area contributed by atoms with Crippen LogP contribution >= 0.6 is 0 Å². The highest BCUT2D eigenvalue weighted by molar-refractivity contribution is 5.94. The first kappa shape index (κ1) is 16.5. The van der Waals surface area contributed by atoms with Crippen LogP contribution in [0.2, 0.25) is 0 Å². The number of nitrogens with one attached hydrogen (secondary N) is 2. The van der Waals surface area contributed by atoms with Gasteiger partial charge in [-0.15, -0.1) is 0 Å². The number of hydrogen-bond donors (Lipinski definition) is 3. The number of aromatic nitrogens is 1. The average molecular weight is 326 g/mol. The highest BCUT2D eigenvalue weighted by atomic mass is 16.3. The van der Waals surface area contributed by atoms with E-state index < -0.39 is 5.56 Å². The quantitative estimate of drug-likeness (QED) is 0.806. The Labute approximate surface area is 140 Å². The second kappa shape index (κ2) is 7.45. The molecule has 1 fully saturated rings. The molecule has 2 unspecified atom stereocenters. The maximum atomic E-state index is 12.4. The van der Waals surface area contributed by atoms with Gasteiger partial charge in [0.25, 0.3) is 11.5 Å². The number of amides is 1. The van der Waals surface area contributed by atoms with Crippen molar-refractivity contribution in [1.82, 2.24) is 10.3 Å². The van der Waals surface area contributed by atoms with Gasteiger partial charge in [-0.2, -0.15) is 0 Å². The Morgan fingerprint density at radius 1 is 1.12 bits per heavy atom. The number of aliphatic hydroxyl groups is 1.